The molecule has 0 amide bonds. The lowest BCUT2D eigenvalue weighted by molar-refractivity contribution is -0.422. The largest absolute Gasteiger partial charge is 0.457 e. The van der Waals surface area contributed by atoms with Crippen molar-refractivity contribution < 1.29 is 14.5 Å². The van der Waals surface area contributed by atoms with Crippen molar-refractivity contribution in [1.82, 2.24) is 5.32 Å². The first-order valence-corrected chi connectivity index (χ1v) is 9.36. The molecule has 0 aliphatic carbocycles. The predicted molar refractivity (Wildman–Crippen MR) is 92.7 cm³/mol. The van der Waals surface area contributed by atoms with Crippen molar-refractivity contribution in [2.24, 2.45) is 0 Å². The third kappa shape index (κ3) is 5.80. The van der Waals surface area contributed by atoms with E-state index in [2.05, 4.69) is 5.32 Å². The Bertz CT molecular complexity index is 570. The predicted octanol–water partition coefficient (Wildman–Crippen LogP) is 2.64. The van der Waals surface area contributed by atoms with Crippen molar-refractivity contribution in [2.75, 3.05) is 24.7 Å². The van der Waals surface area contributed by atoms with Crippen molar-refractivity contribution in [1.29, 1.82) is 0 Å². The normalized spacial score (nSPS) is 16.3. The molecule has 8 heteroatoms. The van der Waals surface area contributed by atoms with Gasteiger partial charge in [0.05, 0.1) is 4.92 Å². The van der Waals surface area contributed by atoms with Crippen LogP contribution in [-0.2, 0) is 15.3 Å². The molecule has 0 spiro atoms. The number of thioether (sulfide) groups is 2. The summed E-state index contributed by atoms with van der Waals surface area (Å²) in [5.74, 6) is 1.31. The molecule has 1 saturated heterocycles. The van der Waals surface area contributed by atoms with Gasteiger partial charge in [-0.15, -0.1) is 11.8 Å². The van der Waals surface area contributed by atoms with Crippen LogP contribution in [0, 0.1) is 10.1 Å². The van der Waals surface area contributed by atoms with Gasteiger partial charge in [-0.25, -0.2) is 4.79 Å². The van der Waals surface area contributed by atoms with Crippen LogP contribution in [0.15, 0.2) is 41.1 Å². The summed E-state index contributed by atoms with van der Waals surface area (Å²) in [5.41, 5.74) is 0.711. The highest BCUT2D eigenvalue weighted by molar-refractivity contribution is 8.03. The number of benzene rings is 1. The SMILES string of the molecule is O=C(OCCSCc1ccccc1)C(=C1NCCCS1)[N+](=O)[O-]. The van der Waals surface area contributed by atoms with Gasteiger partial charge in [-0.3, -0.25) is 10.1 Å². The molecule has 0 saturated carbocycles. The molecule has 1 aromatic carbocycles. The second-order valence-corrected chi connectivity index (χ2v) is 6.95. The third-order valence-corrected chi connectivity index (χ3v) is 5.13. The van der Waals surface area contributed by atoms with Crippen LogP contribution in [0.1, 0.15) is 12.0 Å². The molecule has 1 aromatic rings. The minimum atomic E-state index is -0.868. The van der Waals surface area contributed by atoms with Gasteiger partial charge < -0.3 is 10.1 Å². The number of nitro groups is 1. The number of ether oxygens (including phenoxy) is 1. The zero-order chi connectivity index (χ0) is 16.5. The molecule has 1 N–H and O–H groups in total. The van der Waals surface area contributed by atoms with Crippen molar-refractivity contribution in [2.45, 2.75) is 12.2 Å². The van der Waals surface area contributed by atoms with Crippen LogP contribution >= 0.6 is 23.5 Å². The Morgan fingerprint density at radius 1 is 1.39 bits per heavy atom. The summed E-state index contributed by atoms with van der Waals surface area (Å²) in [6.45, 7) is 0.797. The summed E-state index contributed by atoms with van der Waals surface area (Å²) < 4.78 is 5.04. The lowest BCUT2D eigenvalue weighted by Gasteiger charge is -2.15. The van der Waals surface area contributed by atoms with E-state index < -0.39 is 16.6 Å². The molecule has 0 radical (unpaired) electrons. The summed E-state index contributed by atoms with van der Waals surface area (Å²) in [6.07, 6.45) is 0.921. The minimum absolute atomic E-state index is 0.158. The van der Waals surface area contributed by atoms with Crippen LogP contribution in [0.3, 0.4) is 0 Å². The maximum atomic E-state index is 11.9. The second-order valence-electron chi connectivity index (χ2n) is 4.74. The second kappa shape index (κ2) is 9.46. The average Bonchev–Trinajstić information content (AvgIpc) is 2.56. The number of nitrogens with one attached hydrogen (secondary N) is 1. The number of esters is 1. The lowest BCUT2D eigenvalue weighted by Crippen LogP contribution is -2.26. The van der Waals surface area contributed by atoms with Crippen molar-refractivity contribution in [3.63, 3.8) is 0 Å². The fraction of sp³-hybridized carbons (Fsp3) is 0.400. The topological polar surface area (TPSA) is 81.5 Å². The van der Waals surface area contributed by atoms with Crippen LogP contribution in [0.25, 0.3) is 0 Å². The summed E-state index contributed by atoms with van der Waals surface area (Å²) in [5, 5.41) is 14.3. The van der Waals surface area contributed by atoms with Gasteiger partial charge in [0.2, 0.25) is 0 Å². The minimum Gasteiger partial charge on any atom is -0.457 e. The highest BCUT2D eigenvalue weighted by Crippen LogP contribution is 2.23. The molecule has 23 heavy (non-hydrogen) atoms. The molecular weight excluding hydrogens is 336 g/mol. The van der Waals surface area contributed by atoms with E-state index in [-0.39, 0.29) is 6.61 Å². The summed E-state index contributed by atoms with van der Waals surface area (Å²) >= 11 is 2.91. The fourth-order valence-electron chi connectivity index (χ4n) is 1.93. The van der Waals surface area contributed by atoms with Crippen LogP contribution in [-0.4, -0.2) is 35.5 Å². The molecule has 0 aromatic heterocycles. The van der Waals surface area contributed by atoms with Gasteiger partial charge in [-0.2, -0.15) is 11.8 Å². The number of carbonyl (C=O) groups is 1. The molecule has 124 valence electrons. The highest BCUT2D eigenvalue weighted by atomic mass is 32.2. The smallest absolute Gasteiger partial charge is 0.412 e. The Morgan fingerprint density at radius 3 is 2.83 bits per heavy atom. The first kappa shape index (κ1) is 17.7. The summed E-state index contributed by atoms with van der Waals surface area (Å²) in [6, 6.07) is 9.96. The van der Waals surface area contributed by atoms with Gasteiger partial charge in [-0.05, 0) is 12.0 Å². The van der Waals surface area contributed by atoms with Gasteiger partial charge in [0, 0.05) is 23.8 Å². The first-order chi connectivity index (χ1) is 11.2. The van der Waals surface area contributed by atoms with Crippen molar-refractivity contribution in [3.8, 4) is 0 Å². The lowest BCUT2D eigenvalue weighted by atomic mass is 10.2. The molecule has 0 unspecified atom stereocenters. The maximum absolute atomic E-state index is 11.9. The van der Waals surface area contributed by atoms with E-state index in [1.165, 1.54) is 17.3 Å². The van der Waals surface area contributed by atoms with E-state index in [1.54, 1.807) is 11.8 Å². The number of nitrogens with zero attached hydrogens (tertiary/aromatic N) is 1. The van der Waals surface area contributed by atoms with E-state index in [4.69, 9.17) is 4.74 Å². The van der Waals surface area contributed by atoms with Gasteiger partial charge in [0.25, 0.3) is 0 Å². The van der Waals surface area contributed by atoms with Crippen molar-refractivity contribution >= 4 is 29.5 Å². The zero-order valence-electron chi connectivity index (χ0n) is 12.5. The Labute approximate surface area is 143 Å². The van der Waals surface area contributed by atoms with E-state index in [9.17, 15) is 14.9 Å². The van der Waals surface area contributed by atoms with Crippen LogP contribution in [0.5, 0.6) is 0 Å². The zero-order valence-corrected chi connectivity index (χ0v) is 14.2. The highest BCUT2D eigenvalue weighted by Gasteiger charge is 2.30. The fourth-order valence-corrected chi connectivity index (χ4v) is 3.69. The Hall–Kier alpha value is -1.67. The molecule has 2 rings (SSSR count). The molecule has 0 bridgehead atoms. The van der Waals surface area contributed by atoms with E-state index >= 15 is 0 Å². The van der Waals surface area contributed by atoms with E-state index in [0.717, 1.165) is 17.9 Å². The molecule has 1 heterocycles. The van der Waals surface area contributed by atoms with Gasteiger partial charge >= 0.3 is 11.7 Å². The third-order valence-electron chi connectivity index (χ3n) is 3.02. The van der Waals surface area contributed by atoms with E-state index in [1.807, 2.05) is 30.3 Å². The van der Waals surface area contributed by atoms with Crippen LogP contribution in [0.4, 0.5) is 0 Å². The number of hydrogen-bond acceptors (Lipinski definition) is 7. The molecule has 1 fully saturated rings. The Balaban J connectivity index is 1.77. The van der Waals surface area contributed by atoms with Crippen LogP contribution < -0.4 is 5.32 Å². The Kier molecular flexibility index (Phi) is 7.28. The monoisotopic (exact) mass is 354 g/mol. The molecular formula is C15H18N2O4S2. The maximum Gasteiger partial charge on any atom is 0.412 e. The van der Waals surface area contributed by atoms with Gasteiger partial charge in [-0.1, -0.05) is 30.3 Å². The molecule has 0 atom stereocenters. The number of rotatable bonds is 7. The quantitative estimate of drug-likeness (QED) is 0.265. The molecule has 1 aliphatic heterocycles. The first-order valence-electron chi connectivity index (χ1n) is 7.22. The number of carbonyl (C=O) groups excluding carboxylic acids is 1. The summed E-state index contributed by atoms with van der Waals surface area (Å²) in [4.78, 5) is 22.4. The summed E-state index contributed by atoms with van der Waals surface area (Å²) in [7, 11) is 0. The van der Waals surface area contributed by atoms with Crippen LogP contribution in [0.2, 0.25) is 0 Å². The van der Waals surface area contributed by atoms with E-state index in [0.29, 0.717) is 17.3 Å². The molecule has 1 aliphatic rings. The standard InChI is InChI=1S/C15H18N2O4S2/c18-15(13(17(19)20)14-16-7-4-9-23-14)21-8-10-22-11-12-5-2-1-3-6-12/h1-3,5-6,16H,4,7-11H2. The van der Waals surface area contributed by atoms with Gasteiger partial charge in [0.15, 0.2) is 5.03 Å². The average molecular weight is 354 g/mol. The molecule has 6 nitrogen and oxygen atoms in total. The number of hydrogen-bond donors (Lipinski definition) is 1. The Morgan fingerprint density at radius 2 is 2.17 bits per heavy atom. The van der Waals surface area contributed by atoms with Crippen molar-refractivity contribution in [3.05, 3.63) is 56.7 Å². The van der Waals surface area contributed by atoms with Gasteiger partial charge in [0.1, 0.15) is 6.61 Å².